The third-order valence-corrected chi connectivity index (χ3v) is 11.5. The number of oxime groups is 1. The number of carbonyl (C=O) groups is 3. The van der Waals surface area contributed by atoms with Gasteiger partial charge in [-0.1, -0.05) is 28.5 Å². The van der Waals surface area contributed by atoms with Gasteiger partial charge in [0.2, 0.25) is 0 Å². The van der Waals surface area contributed by atoms with Gasteiger partial charge in [-0.2, -0.15) is 0 Å². The first-order valence-electron chi connectivity index (χ1n) is 11.1. The Kier molecular flexibility index (Phi) is 8.23. The minimum atomic E-state index is -1.30. The maximum absolute atomic E-state index is 13.0. The molecule has 208 valence electrons. The number of fused-ring (bicyclic) bond motifs is 2. The third kappa shape index (κ3) is 5.13. The molecule has 0 bridgehead atoms. The van der Waals surface area contributed by atoms with E-state index < -0.39 is 34.9 Å². The van der Waals surface area contributed by atoms with E-state index in [-0.39, 0.29) is 34.2 Å². The van der Waals surface area contributed by atoms with Crippen molar-refractivity contribution in [2.24, 2.45) is 10.9 Å². The molecular weight excluding hydrogens is 640 g/mol. The van der Waals surface area contributed by atoms with Crippen LogP contribution in [0.1, 0.15) is 11.3 Å². The molecule has 2 atom stereocenters. The van der Waals surface area contributed by atoms with Crippen molar-refractivity contribution < 1.29 is 24.7 Å². The Morgan fingerprint density at radius 2 is 2.12 bits per heavy atom. The zero-order valence-electron chi connectivity index (χ0n) is 19.8. The molecule has 1 fully saturated rings. The molecule has 0 spiro atoms. The second kappa shape index (κ2) is 11.5. The molecule has 5 heterocycles. The standard InChI is InChI=1S/C22H17ClN6O6S5/c23-11-3-8-15(30)9(4-24)20(40-21(8)39-11)36-2-1-7-5-37-18-13(17(32)29(18)14(7)19(33)34)27-16(31)12(28-35)10-6-38-22(25)26-10/h1-3,6,13,18,35H,4-5,24H2,(H2,25,26)(H,27,31)(H,33,34)/t13?,18-/m1/s1. The van der Waals surface area contributed by atoms with Crippen molar-refractivity contribution in [2.75, 3.05) is 11.5 Å². The van der Waals surface area contributed by atoms with E-state index in [0.29, 0.717) is 25.1 Å². The van der Waals surface area contributed by atoms with Crippen LogP contribution in [0.15, 0.2) is 48.4 Å². The monoisotopic (exact) mass is 656 g/mol. The summed E-state index contributed by atoms with van der Waals surface area (Å²) in [5, 5.41) is 27.8. The molecule has 1 saturated heterocycles. The zero-order valence-corrected chi connectivity index (χ0v) is 24.7. The number of amides is 2. The van der Waals surface area contributed by atoms with Crippen LogP contribution >= 0.6 is 69.1 Å². The highest BCUT2D eigenvalue weighted by atomic mass is 35.5. The fraction of sp³-hybridized carbons (Fsp3) is 0.182. The fourth-order valence-corrected chi connectivity index (χ4v) is 9.84. The predicted octanol–water partition coefficient (Wildman–Crippen LogP) is 2.70. The number of nitrogens with two attached hydrogens (primary N) is 2. The van der Waals surface area contributed by atoms with E-state index in [1.54, 1.807) is 17.6 Å². The molecule has 3 aromatic rings. The normalized spacial score (nSPS) is 19.3. The van der Waals surface area contributed by atoms with Crippen molar-refractivity contribution in [3.8, 4) is 0 Å². The number of thiazole rings is 1. The number of nitrogen functional groups attached to an aromatic ring is 1. The third-order valence-electron chi connectivity index (χ3n) is 5.83. The molecule has 2 amide bonds. The van der Waals surface area contributed by atoms with Crippen molar-refractivity contribution in [3.63, 3.8) is 0 Å². The van der Waals surface area contributed by atoms with E-state index in [2.05, 4.69) is 15.5 Å². The van der Waals surface area contributed by atoms with Gasteiger partial charge in [0.1, 0.15) is 22.8 Å². The summed E-state index contributed by atoms with van der Waals surface area (Å²) in [6.45, 7) is 0.0312. The quantitative estimate of drug-likeness (QED) is 0.0784. The van der Waals surface area contributed by atoms with Gasteiger partial charge in [-0.25, -0.2) is 9.78 Å². The molecule has 12 nitrogen and oxygen atoms in total. The minimum absolute atomic E-state index is 0.0312. The Morgan fingerprint density at radius 1 is 1.35 bits per heavy atom. The number of hydrogen-bond acceptors (Lipinski definition) is 14. The number of thioether (sulfide) groups is 2. The first-order valence-corrected chi connectivity index (χ1v) is 15.9. The van der Waals surface area contributed by atoms with E-state index in [0.717, 1.165) is 20.3 Å². The van der Waals surface area contributed by atoms with Gasteiger partial charge in [0, 0.05) is 23.2 Å². The van der Waals surface area contributed by atoms with Crippen molar-refractivity contribution in [2.45, 2.75) is 22.2 Å². The Bertz CT molecular complexity index is 1710. The summed E-state index contributed by atoms with van der Waals surface area (Å²) in [6.07, 6.45) is 1.59. The number of carbonyl (C=O) groups excluding carboxylic acids is 2. The number of anilines is 1. The highest BCUT2D eigenvalue weighted by Crippen LogP contribution is 2.42. The lowest BCUT2D eigenvalue weighted by atomic mass is 10.0. The Balaban J connectivity index is 1.34. The lowest BCUT2D eigenvalue weighted by molar-refractivity contribution is -0.150. The van der Waals surface area contributed by atoms with Crippen LogP contribution in [-0.2, 0) is 20.9 Å². The van der Waals surface area contributed by atoms with E-state index in [4.69, 9.17) is 23.1 Å². The van der Waals surface area contributed by atoms with Crippen LogP contribution in [0.2, 0.25) is 4.34 Å². The van der Waals surface area contributed by atoms with Gasteiger partial charge < -0.3 is 27.1 Å². The number of nitrogens with zero attached hydrogens (tertiary/aromatic N) is 3. The number of aromatic nitrogens is 1. The molecule has 2 aliphatic rings. The molecule has 0 aromatic carbocycles. The van der Waals surface area contributed by atoms with E-state index in [1.165, 1.54) is 51.6 Å². The molecule has 40 heavy (non-hydrogen) atoms. The smallest absolute Gasteiger partial charge is 0.352 e. The molecule has 7 N–H and O–H groups in total. The van der Waals surface area contributed by atoms with Crippen LogP contribution in [0.4, 0.5) is 5.13 Å². The largest absolute Gasteiger partial charge is 0.477 e. The average molecular weight is 657 g/mol. The van der Waals surface area contributed by atoms with Gasteiger partial charge in [0.05, 0.1) is 17.9 Å². The zero-order chi connectivity index (χ0) is 28.7. The first kappa shape index (κ1) is 28.6. The van der Waals surface area contributed by atoms with Crippen LogP contribution in [0.3, 0.4) is 0 Å². The Hall–Kier alpha value is -2.93. The van der Waals surface area contributed by atoms with E-state index in [1.807, 2.05) is 0 Å². The number of thiophene rings is 1. The minimum Gasteiger partial charge on any atom is -0.477 e. The van der Waals surface area contributed by atoms with Gasteiger partial charge in [0.15, 0.2) is 16.3 Å². The summed E-state index contributed by atoms with van der Waals surface area (Å²) in [4.78, 5) is 55.7. The van der Waals surface area contributed by atoms with E-state index >= 15 is 0 Å². The maximum Gasteiger partial charge on any atom is 0.352 e. The number of β-lactam (4-membered cyclic amide) rings is 1. The first-order chi connectivity index (χ1) is 19.1. The second-order valence-electron chi connectivity index (χ2n) is 8.13. The molecule has 3 aromatic heterocycles. The fourth-order valence-electron chi connectivity index (χ4n) is 4.02. The van der Waals surface area contributed by atoms with Crippen molar-refractivity contribution in [1.82, 2.24) is 15.2 Å². The van der Waals surface area contributed by atoms with Gasteiger partial charge in [-0.15, -0.1) is 45.8 Å². The summed E-state index contributed by atoms with van der Waals surface area (Å²) in [6, 6.07) is 0.587. The highest BCUT2D eigenvalue weighted by Gasteiger charge is 2.54. The number of halogens is 1. The molecule has 0 saturated carbocycles. The van der Waals surface area contributed by atoms with Crippen molar-refractivity contribution in [3.05, 3.63) is 60.0 Å². The molecule has 1 unspecified atom stereocenters. The molecule has 2 aliphatic heterocycles. The lowest BCUT2D eigenvalue weighted by Gasteiger charge is -2.49. The van der Waals surface area contributed by atoms with Crippen LogP contribution in [0.25, 0.3) is 9.40 Å². The molecule has 5 rings (SSSR count). The number of hydrogen-bond donors (Lipinski definition) is 5. The van der Waals surface area contributed by atoms with Gasteiger partial charge in [-0.3, -0.25) is 19.3 Å². The summed E-state index contributed by atoms with van der Waals surface area (Å²) >= 11 is 12.3. The summed E-state index contributed by atoms with van der Waals surface area (Å²) in [5.74, 6) is -2.54. The average Bonchev–Trinajstić information content (AvgIpc) is 3.52. The summed E-state index contributed by atoms with van der Waals surface area (Å²) in [7, 11) is 0. The Labute approximate surface area is 250 Å². The van der Waals surface area contributed by atoms with Crippen molar-refractivity contribution >= 4 is 107 Å². The predicted molar refractivity (Wildman–Crippen MR) is 158 cm³/mol. The van der Waals surface area contributed by atoms with Gasteiger partial charge >= 0.3 is 5.97 Å². The van der Waals surface area contributed by atoms with E-state index in [9.17, 15) is 29.5 Å². The highest BCUT2D eigenvalue weighted by molar-refractivity contribution is 8.04. The summed E-state index contributed by atoms with van der Waals surface area (Å²) < 4.78 is 1.92. The van der Waals surface area contributed by atoms with Crippen LogP contribution in [0, 0.1) is 0 Å². The number of carboxylic acid groups (broad SMARTS) is 1. The lowest BCUT2D eigenvalue weighted by Crippen LogP contribution is -2.71. The number of nitrogens with one attached hydrogen (secondary N) is 1. The number of rotatable bonds is 8. The Morgan fingerprint density at radius 3 is 2.77 bits per heavy atom. The number of carboxylic acids is 1. The van der Waals surface area contributed by atoms with Crippen molar-refractivity contribution in [1.29, 1.82) is 0 Å². The van der Waals surface area contributed by atoms with Crippen LogP contribution in [0.5, 0.6) is 0 Å². The molecule has 18 heteroatoms. The van der Waals surface area contributed by atoms with Crippen LogP contribution < -0.4 is 22.2 Å². The summed E-state index contributed by atoms with van der Waals surface area (Å²) in [5.41, 5.74) is 11.5. The molecule has 0 radical (unpaired) electrons. The maximum atomic E-state index is 13.0. The van der Waals surface area contributed by atoms with Gasteiger partial charge in [-0.05, 0) is 23.1 Å². The number of aliphatic carboxylic acids is 1. The topological polar surface area (TPSA) is 201 Å². The number of allylic oxidation sites excluding steroid dienone is 1. The van der Waals surface area contributed by atoms with Crippen LogP contribution in [-0.4, -0.2) is 60.9 Å². The SMILES string of the molecule is NCc1c(SC=CC2=C(C(=O)O)N3C(=O)C(NC(=O)C(=NO)c4csc(N)n4)[C@H]3SC2)sc2sc(Cl)cc2c1=O. The second-order valence-corrected chi connectivity index (χ2v) is 14.3. The molecule has 0 aliphatic carbocycles. The van der Waals surface area contributed by atoms with Gasteiger partial charge in [0.25, 0.3) is 11.8 Å². The molecular formula is C22H17ClN6O6S5.